The van der Waals surface area contributed by atoms with Crippen molar-refractivity contribution in [2.24, 2.45) is 5.92 Å². The Morgan fingerprint density at radius 1 is 0.769 bits per heavy atom. The van der Waals surface area contributed by atoms with Crippen LogP contribution in [0.2, 0.25) is 0 Å². The number of aliphatic carboxylic acids is 1. The van der Waals surface area contributed by atoms with Gasteiger partial charge in [0.25, 0.3) is 0 Å². The molecule has 0 heterocycles. The molecule has 1 amide bonds. The van der Waals surface area contributed by atoms with Gasteiger partial charge < -0.3 is 15.2 Å². The van der Waals surface area contributed by atoms with E-state index in [9.17, 15) is 14.7 Å². The lowest BCUT2D eigenvalue weighted by Crippen LogP contribution is -2.29. The van der Waals surface area contributed by atoms with Crippen molar-refractivity contribution in [2.45, 2.75) is 87.9 Å². The van der Waals surface area contributed by atoms with Crippen LogP contribution in [0.4, 0.5) is 5.69 Å². The van der Waals surface area contributed by atoms with Crippen LogP contribution in [0, 0.1) is 47.5 Å². The Morgan fingerprint density at radius 2 is 1.26 bits per heavy atom. The zero-order valence-electron chi connectivity index (χ0n) is 25.3. The van der Waals surface area contributed by atoms with Crippen LogP contribution in [0.5, 0.6) is 0 Å². The molecule has 0 fully saturated rings. The molecule has 208 valence electrons. The summed E-state index contributed by atoms with van der Waals surface area (Å²) in [7, 11) is 0. The maximum atomic E-state index is 13.1. The number of amides is 1. The van der Waals surface area contributed by atoms with Crippen molar-refractivity contribution in [3.05, 3.63) is 75.3 Å². The summed E-state index contributed by atoms with van der Waals surface area (Å²) in [5.74, 6) is -1.45. The van der Waals surface area contributed by atoms with Crippen molar-refractivity contribution in [3.8, 4) is 22.3 Å². The Bertz CT molecular complexity index is 1430. The quantitative estimate of drug-likeness (QED) is 0.322. The molecule has 0 aliphatic carbocycles. The molecule has 3 aromatic rings. The number of anilines is 1. The third kappa shape index (κ3) is 6.42. The summed E-state index contributed by atoms with van der Waals surface area (Å²) in [6.45, 7) is 21.4. The van der Waals surface area contributed by atoms with E-state index >= 15 is 0 Å². The number of rotatable bonds is 7. The second kappa shape index (κ2) is 11.4. The first-order chi connectivity index (χ1) is 18.0. The van der Waals surface area contributed by atoms with E-state index in [1.54, 1.807) is 0 Å². The van der Waals surface area contributed by atoms with E-state index in [0.29, 0.717) is 16.8 Å². The number of benzene rings is 3. The molecular formula is C34H43NO4. The first kappa shape index (κ1) is 30.1. The fourth-order valence-corrected chi connectivity index (χ4v) is 4.89. The van der Waals surface area contributed by atoms with Crippen molar-refractivity contribution < 1.29 is 19.4 Å². The number of ether oxygens (including phenoxy) is 1. The average Bonchev–Trinajstić information content (AvgIpc) is 2.82. The van der Waals surface area contributed by atoms with Gasteiger partial charge in [-0.2, -0.15) is 0 Å². The van der Waals surface area contributed by atoms with Crippen molar-refractivity contribution in [3.63, 3.8) is 0 Å². The molecule has 0 radical (unpaired) electrons. The molecule has 0 saturated carbocycles. The lowest BCUT2D eigenvalue weighted by Gasteiger charge is -2.31. The summed E-state index contributed by atoms with van der Waals surface area (Å²) in [5, 5.41) is 13.6. The molecule has 0 aliphatic rings. The van der Waals surface area contributed by atoms with Gasteiger partial charge in [-0.15, -0.1) is 0 Å². The summed E-state index contributed by atoms with van der Waals surface area (Å²) >= 11 is 0. The van der Waals surface area contributed by atoms with Crippen molar-refractivity contribution in [1.82, 2.24) is 0 Å². The zero-order valence-corrected chi connectivity index (χ0v) is 25.3. The zero-order chi connectivity index (χ0) is 29.4. The van der Waals surface area contributed by atoms with E-state index in [4.69, 9.17) is 4.74 Å². The van der Waals surface area contributed by atoms with Crippen LogP contribution in [0.15, 0.2) is 36.4 Å². The molecular weight excluding hydrogens is 486 g/mol. The first-order valence-corrected chi connectivity index (χ1v) is 13.6. The van der Waals surface area contributed by atoms with Gasteiger partial charge in [0.1, 0.15) is 0 Å². The van der Waals surface area contributed by atoms with Crippen LogP contribution < -0.4 is 5.32 Å². The predicted octanol–water partition coefficient (Wildman–Crippen LogP) is 8.41. The molecule has 0 aromatic heterocycles. The van der Waals surface area contributed by atoms with E-state index in [2.05, 4.69) is 63.3 Å². The number of carboxylic acids is 1. The summed E-state index contributed by atoms with van der Waals surface area (Å²) in [5.41, 5.74) is 10.3. The van der Waals surface area contributed by atoms with Crippen molar-refractivity contribution in [2.75, 3.05) is 5.32 Å². The van der Waals surface area contributed by atoms with Gasteiger partial charge in [0.05, 0.1) is 11.3 Å². The predicted molar refractivity (Wildman–Crippen MR) is 160 cm³/mol. The van der Waals surface area contributed by atoms with E-state index in [-0.39, 0.29) is 11.8 Å². The third-order valence-electron chi connectivity index (χ3n) is 7.37. The number of hydrogen-bond acceptors (Lipinski definition) is 3. The van der Waals surface area contributed by atoms with Crippen LogP contribution in [-0.4, -0.2) is 22.6 Å². The van der Waals surface area contributed by atoms with Gasteiger partial charge in [-0.25, -0.2) is 4.79 Å². The smallest absolute Gasteiger partial charge is 0.337 e. The minimum Gasteiger partial charge on any atom is -0.479 e. The minimum absolute atomic E-state index is 0.129. The Labute approximate surface area is 233 Å². The Hall–Kier alpha value is -3.44. The van der Waals surface area contributed by atoms with Crippen LogP contribution in [0.3, 0.4) is 0 Å². The van der Waals surface area contributed by atoms with Gasteiger partial charge in [-0.05, 0) is 112 Å². The minimum atomic E-state index is -1.23. The highest BCUT2D eigenvalue weighted by atomic mass is 16.5. The van der Waals surface area contributed by atoms with Gasteiger partial charge in [0.2, 0.25) is 5.91 Å². The SMILES string of the molecule is Cc1ccc(-c2c(C)c(-c3ccc(C)c(C)c3)c([C@H](OC(C)(C)C)C(=O)O)c(C)c2NC(=O)C(C)C)cc1C. The van der Waals surface area contributed by atoms with Gasteiger partial charge in [0.15, 0.2) is 6.10 Å². The molecule has 0 bridgehead atoms. The van der Waals surface area contributed by atoms with E-state index in [1.807, 2.05) is 54.5 Å². The van der Waals surface area contributed by atoms with E-state index < -0.39 is 17.7 Å². The molecule has 5 heteroatoms. The standard InChI is InChI=1S/C34H43NO4/c1-18(2)32(36)35-30-24(8)29(31(33(37)38)39-34(9,10)11)27(25-14-12-19(3)21(5)16-25)23(7)28(30)26-15-13-20(4)22(6)17-26/h12-18,31H,1-11H3,(H,35,36)(H,37,38)/t31-/m0/s1. The molecule has 39 heavy (non-hydrogen) atoms. The lowest BCUT2D eigenvalue weighted by atomic mass is 9.81. The molecule has 0 aliphatic heterocycles. The molecule has 0 spiro atoms. The summed E-state index contributed by atoms with van der Waals surface area (Å²) in [6, 6.07) is 12.5. The first-order valence-electron chi connectivity index (χ1n) is 13.6. The highest BCUT2D eigenvalue weighted by Gasteiger charge is 2.34. The summed E-state index contributed by atoms with van der Waals surface area (Å²) in [4.78, 5) is 25.9. The maximum absolute atomic E-state index is 13.1. The summed E-state index contributed by atoms with van der Waals surface area (Å²) < 4.78 is 6.21. The highest BCUT2D eigenvalue weighted by Crippen LogP contribution is 2.47. The van der Waals surface area contributed by atoms with Crippen molar-refractivity contribution in [1.29, 1.82) is 0 Å². The third-order valence-corrected chi connectivity index (χ3v) is 7.37. The molecule has 3 aromatic carbocycles. The van der Waals surface area contributed by atoms with Crippen molar-refractivity contribution >= 4 is 17.6 Å². The van der Waals surface area contributed by atoms with Gasteiger partial charge >= 0.3 is 5.97 Å². The Balaban J connectivity index is 2.57. The fraction of sp³-hybridized carbons (Fsp3) is 0.412. The number of carbonyl (C=O) groups is 2. The van der Waals surface area contributed by atoms with Crippen LogP contribution in [0.25, 0.3) is 22.3 Å². The fourth-order valence-electron chi connectivity index (χ4n) is 4.89. The number of aryl methyl sites for hydroxylation is 4. The molecule has 1 atom stereocenters. The molecule has 2 N–H and O–H groups in total. The van der Waals surface area contributed by atoms with Gasteiger partial charge in [0, 0.05) is 17.0 Å². The molecule has 0 saturated heterocycles. The second-order valence-corrected chi connectivity index (χ2v) is 12.0. The largest absolute Gasteiger partial charge is 0.479 e. The topological polar surface area (TPSA) is 75.6 Å². The second-order valence-electron chi connectivity index (χ2n) is 12.0. The number of hydrogen-bond donors (Lipinski definition) is 2. The lowest BCUT2D eigenvalue weighted by molar-refractivity contribution is -0.160. The number of carbonyl (C=O) groups excluding carboxylic acids is 1. The Morgan fingerprint density at radius 3 is 1.67 bits per heavy atom. The van der Waals surface area contributed by atoms with Gasteiger partial charge in [-0.3, -0.25) is 4.79 Å². The molecule has 3 rings (SSSR count). The summed E-state index contributed by atoms with van der Waals surface area (Å²) in [6.07, 6.45) is -1.23. The average molecular weight is 530 g/mol. The van der Waals surface area contributed by atoms with E-state index in [0.717, 1.165) is 44.5 Å². The highest BCUT2D eigenvalue weighted by molar-refractivity contribution is 6.02. The van der Waals surface area contributed by atoms with Crippen LogP contribution in [0.1, 0.15) is 79.7 Å². The number of carboxylic acid groups (broad SMARTS) is 1. The monoisotopic (exact) mass is 529 g/mol. The Kier molecular flexibility index (Phi) is 8.76. The van der Waals surface area contributed by atoms with Crippen LogP contribution in [-0.2, 0) is 14.3 Å². The van der Waals surface area contributed by atoms with E-state index in [1.165, 1.54) is 5.56 Å². The molecule has 0 unspecified atom stereocenters. The number of nitrogens with one attached hydrogen (secondary N) is 1. The van der Waals surface area contributed by atoms with Crippen LogP contribution >= 0.6 is 0 Å². The molecule has 5 nitrogen and oxygen atoms in total. The maximum Gasteiger partial charge on any atom is 0.337 e. The van der Waals surface area contributed by atoms with Gasteiger partial charge in [-0.1, -0.05) is 50.2 Å². The normalized spacial score (nSPS) is 12.5.